The van der Waals surface area contributed by atoms with Crippen molar-refractivity contribution in [1.82, 2.24) is 0 Å². The summed E-state index contributed by atoms with van der Waals surface area (Å²) in [6.45, 7) is 5.66. The first-order valence-electron chi connectivity index (χ1n) is 6.58. The van der Waals surface area contributed by atoms with Gasteiger partial charge in [-0.05, 0) is 32.4 Å². The molecule has 3 heteroatoms. The van der Waals surface area contributed by atoms with Crippen LogP contribution in [0.2, 0.25) is 0 Å². The van der Waals surface area contributed by atoms with Crippen molar-refractivity contribution in [2.24, 2.45) is 0 Å². The van der Waals surface area contributed by atoms with Crippen molar-refractivity contribution in [3.05, 3.63) is 65.2 Å². The fourth-order valence-electron chi connectivity index (χ4n) is 2.15. The van der Waals surface area contributed by atoms with Crippen LogP contribution in [0.3, 0.4) is 0 Å². The Labute approximate surface area is 122 Å². The molecular formula is C17H18O2S. The second-order valence-electron chi connectivity index (χ2n) is 4.94. The molecule has 0 aliphatic heterocycles. The number of aryl methyl sites for hydroxylation is 2. The molecule has 0 heterocycles. The molecule has 0 aromatic heterocycles. The van der Waals surface area contributed by atoms with Gasteiger partial charge in [0.15, 0.2) is 5.78 Å². The summed E-state index contributed by atoms with van der Waals surface area (Å²) in [4.78, 5) is 13.1. The summed E-state index contributed by atoms with van der Waals surface area (Å²) in [5.74, 6) is -0.0797. The van der Waals surface area contributed by atoms with Gasteiger partial charge in [-0.15, -0.1) is 0 Å². The zero-order valence-corrected chi connectivity index (χ0v) is 12.7. The molecule has 104 valence electrons. The van der Waals surface area contributed by atoms with Crippen molar-refractivity contribution in [3.8, 4) is 0 Å². The number of benzene rings is 2. The van der Waals surface area contributed by atoms with Gasteiger partial charge in [0.1, 0.15) is 0 Å². The zero-order chi connectivity index (χ0) is 14.7. The van der Waals surface area contributed by atoms with E-state index in [9.17, 15) is 9.00 Å². The molecule has 2 unspecified atom stereocenters. The molecule has 0 aliphatic carbocycles. The van der Waals surface area contributed by atoms with E-state index in [-0.39, 0.29) is 5.78 Å². The maximum absolute atomic E-state index is 12.6. The highest BCUT2D eigenvalue weighted by molar-refractivity contribution is 7.86. The Morgan fingerprint density at radius 2 is 1.70 bits per heavy atom. The molecule has 2 atom stereocenters. The fourth-order valence-corrected chi connectivity index (χ4v) is 3.44. The third-order valence-electron chi connectivity index (χ3n) is 3.30. The summed E-state index contributed by atoms with van der Waals surface area (Å²) in [6.07, 6.45) is 0. The number of Topliss-reactive ketones (excluding diaryl/α,β-unsaturated/α-hetero) is 1. The minimum atomic E-state index is -1.33. The number of rotatable bonds is 4. The topological polar surface area (TPSA) is 34.1 Å². The van der Waals surface area contributed by atoms with E-state index in [1.54, 1.807) is 19.1 Å². The van der Waals surface area contributed by atoms with Crippen molar-refractivity contribution in [1.29, 1.82) is 0 Å². The molecule has 0 saturated carbocycles. The molecule has 20 heavy (non-hydrogen) atoms. The van der Waals surface area contributed by atoms with Crippen LogP contribution in [-0.2, 0) is 10.8 Å². The highest BCUT2D eigenvalue weighted by atomic mass is 32.2. The van der Waals surface area contributed by atoms with E-state index in [0.29, 0.717) is 5.56 Å². The average molecular weight is 286 g/mol. The van der Waals surface area contributed by atoms with E-state index in [2.05, 4.69) is 0 Å². The Hall–Kier alpha value is -1.74. The second kappa shape index (κ2) is 6.14. The average Bonchev–Trinajstić information content (AvgIpc) is 2.46. The molecule has 2 aromatic carbocycles. The van der Waals surface area contributed by atoms with Crippen LogP contribution in [0.4, 0.5) is 0 Å². The van der Waals surface area contributed by atoms with E-state index in [0.717, 1.165) is 16.0 Å². The maximum atomic E-state index is 12.6. The number of carbonyl (C=O) groups is 1. The Bertz CT molecular complexity index is 647. The van der Waals surface area contributed by atoms with Gasteiger partial charge in [-0.1, -0.05) is 48.0 Å². The molecular weight excluding hydrogens is 268 g/mol. The standard InChI is InChI=1S/C17H18O2S/c1-12-9-10-16(13(2)11-12)20(19)14(3)17(18)15-7-5-4-6-8-15/h4-11,14H,1-3H3. The number of hydrogen-bond donors (Lipinski definition) is 0. The van der Waals surface area contributed by atoms with Crippen molar-refractivity contribution in [3.63, 3.8) is 0 Å². The predicted octanol–water partition coefficient (Wildman–Crippen LogP) is 3.68. The summed E-state index contributed by atoms with van der Waals surface area (Å²) in [6, 6.07) is 14.8. The lowest BCUT2D eigenvalue weighted by Gasteiger charge is -2.13. The lowest BCUT2D eigenvalue weighted by Crippen LogP contribution is -2.23. The number of ketones is 1. The van der Waals surface area contributed by atoms with Crippen molar-refractivity contribution >= 4 is 16.6 Å². The van der Waals surface area contributed by atoms with Gasteiger partial charge in [-0.25, -0.2) is 0 Å². The highest BCUT2D eigenvalue weighted by Gasteiger charge is 2.23. The molecule has 0 spiro atoms. The Balaban J connectivity index is 2.27. The SMILES string of the molecule is Cc1ccc(S(=O)C(C)C(=O)c2ccccc2)c(C)c1. The lowest BCUT2D eigenvalue weighted by molar-refractivity contribution is 0.0992. The summed E-state index contributed by atoms with van der Waals surface area (Å²) < 4.78 is 12.6. The molecule has 0 radical (unpaired) electrons. The van der Waals surface area contributed by atoms with Gasteiger partial charge in [0, 0.05) is 10.5 Å². The van der Waals surface area contributed by atoms with Gasteiger partial charge >= 0.3 is 0 Å². The Morgan fingerprint density at radius 1 is 1.05 bits per heavy atom. The van der Waals surface area contributed by atoms with Crippen LogP contribution in [-0.4, -0.2) is 15.2 Å². The molecule has 0 saturated heterocycles. The van der Waals surface area contributed by atoms with Crippen molar-refractivity contribution < 1.29 is 9.00 Å². The number of carbonyl (C=O) groups excluding carboxylic acids is 1. The lowest BCUT2D eigenvalue weighted by atomic mass is 10.1. The van der Waals surface area contributed by atoms with Gasteiger partial charge in [-0.2, -0.15) is 0 Å². The molecule has 0 bridgehead atoms. The third-order valence-corrected chi connectivity index (χ3v) is 5.04. The van der Waals surface area contributed by atoms with E-state index in [1.165, 1.54) is 0 Å². The third kappa shape index (κ3) is 3.05. The summed E-state index contributed by atoms with van der Waals surface area (Å²) >= 11 is 0. The van der Waals surface area contributed by atoms with Crippen LogP contribution < -0.4 is 0 Å². The minimum Gasteiger partial charge on any atom is -0.293 e. The summed E-state index contributed by atoms with van der Waals surface area (Å²) in [5, 5.41) is -0.543. The first kappa shape index (κ1) is 14.7. The highest BCUT2D eigenvalue weighted by Crippen LogP contribution is 2.20. The maximum Gasteiger partial charge on any atom is 0.178 e. The Morgan fingerprint density at radius 3 is 2.30 bits per heavy atom. The molecule has 0 fully saturated rings. The Kier molecular flexibility index (Phi) is 4.50. The quantitative estimate of drug-likeness (QED) is 0.803. The molecule has 0 N–H and O–H groups in total. The zero-order valence-electron chi connectivity index (χ0n) is 11.9. The molecule has 2 nitrogen and oxygen atoms in total. The second-order valence-corrected chi connectivity index (χ2v) is 6.68. The van der Waals surface area contributed by atoms with Gasteiger partial charge in [0.2, 0.25) is 0 Å². The van der Waals surface area contributed by atoms with Crippen LogP contribution in [0.25, 0.3) is 0 Å². The minimum absolute atomic E-state index is 0.0797. The van der Waals surface area contributed by atoms with E-state index in [1.807, 2.05) is 50.2 Å². The monoisotopic (exact) mass is 286 g/mol. The number of hydrogen-bond acceptors (Lipinski definition) is 2. The fraction of sp³-hybridized carbons (Fsp3) is 0.235. The van der Waals surface area contributed by atoms with Gasteiger partial charge in [-0.3, -0.25) is 9.00 Å². The predicted molar refractivity (Wildman–Crippen MR) is 82.6 cm³/mol. The van der Waals surface area contributed by atoms with Crippen LogP contribution in [0.1, 0.15) is 28.4 Å². The smallest absolute Gasteiger partial charge is 0.178 e. The normalized spacial score (nSPS) is 13.8. The van der Waals surface area contributed by atoms with Crippen molar-refractivity contribution in [2.45, 2.75) is 30.9 Å². The summed E-state index contributed by atoms with van der Waals surface area (Å²) in [5.41, 5.74) is 2.71. The van der Waals surface area contributed by atoms with Gasteiger partial charge < -0.3 is 0 Å². The molecule has 0 aliphatic rings. The first-order valence-corrected chi connectivity index (χ1v) is 7.79. The van der Waals surface area contributed by atoms with Gasteiger partial charge in [0.05, 0.1) is 16.0 Å². The van der Waals surface area contributed by atoms with E-state index >= 15 is 0 Å². The van der Waals surface area contributed by atoms with Crippen LogP contribution in [0.15, 0.2) is 53.4 Å². The van der Waals surface area contributed by atoms with E-state index < -0.39 is 16.0 Å². The largest absolute Gasteiger partial charge is 0.293 e. The molecule has 0 amide bonds. The van der Waals surface area contributed by atoms with Gasteiger partial charge in [0.25, 0.3) is 0 Å². The van der Waals surface area contributed by atoms with Crippen LogP contribution >= 0.6 is 0 Å². The van der Waals surface area contributed by atoms with E-state index in [4.69, 9.17) is 0 Å². The van der Waals surface area contributed by atoms with Crippen molar-refractivity contribution in [2.75, 3.05) is 0 Å². The molecule has 2 aromatic rings. The first-order chi connectivity index (χ1) is 9.50. The van der Waals surface area contributed by atoms with Crippen LogP contribution in [0, 0.1) is 13.8 Å². The summed E-state index contributed by atoms with van der Waals surface area (Å²) in [7, 11) is -1.33. The molecule has 2 rings (SSSR count). The van der Waals surface area contributed by atoms with Crippen LogP contribution in [0.5, 0.6) is 0 Å².